The zero-order chi connectivity index (χ0) is 20.3. The van der Waals surface area contributed by atoms with Gasteiger partial charge in [0.05, 0.1) is 18.4 Å². The first kappa shape index (κ1) is 20.1. The Bertz CT molecular complexity index is 864. The molecule has 0 radical (unpaired) electrons. The molecule has 1 aromatic heterocycles. The van der Waals surface area contributed by atoms with Crippen LogP contribution in [-0.2, 0) is 9.53 Å². The number of anilines is 1. The van der Waals surface area contributed by atoms with Gasteiger partial charge in [-0.1, -0.05) is 23.7 Å². The number of halogens is 1. The number of ether oxygens (including phenoxy) is 1. The number of nitrogens with zero attached hydrogens (tertiary/aromatic N) is 3. The van der Waals surface area contributed by atoms with Gasteiger partial charge in [0.1, 0.15) is 11.9 Å². The molecule has 1 aliphatic rings. The molecule has 1 fully saturated rings. The van der Waals surface area contributed by atoms with Crippen molar-refractivity contribution in [1.82, 2.24) is 9.88 Å². The number of benzene rings is 1. The van der Waals surface area contributed by atoms with Gasteiger partial charge in [-0.25, -0.2) is 9.78 Å². The van der Waals surface area contributed by atoms with Gasteiger partial charge in [-0.2, -0.15) is 0 Å². The molecule has 0 aliphatic carbocycles. The normalized spacial score (nSPS) is 15.9. The molecule has 148 valence electrons. The van der Waals surface area contributed by atoms with Gasteiger partial charge in [0.25, 0.3) is 0 Å². The molecule has 3 rings (SSSR count). The zero-order valence-electron chi connectivity index (χ0n) is 15.9. The van der Waals surface area contributed by atoms with Crippen molar-refractivity contribution in [2.45, 2.75) is 13.0 Å². The minimum atomic E-state index is -0.490. The Morgan fingerprint density at radius 1 is 1.11 bits per heavy atom. The van der Waals surface area contributed by atoms with Gasteiger partial charge in [0.15, 0.2) is 0 Å². The number of aryl methyl sites for hydroxylation is 1. The summed E-state index contributed by atoms with van der Waals surface area (Å²) < 4.78 is 4.76. The van der Waals surface area contributed by atoms with E-state index in [0.717, 1.165) is 11.4 Å². The molecule has 2 N–H and O–H groups in total. The van der Waals surface area contributed by atoms with E-state index in [1.807, 2.05) is 18.2 Å². The molecule has 28 heavy (non-hydrogen) atoms. The highest BCUT2D eigenvalue weighted by Gasteiger charge is 2.29. The van der Waals surface area contributed by atoms with E-state index in [2.05, 4.69) is 14.8 Å². The SMILES string of the molecule is COC(=O)c1ccc(N2CCN(C(C(N)=O)c3ccc(Cl)cc3)CC2)nc1C. The second-order valence-electron chi connectivity index (χ2n) is 6.67. The fourth-order valence-corrected chi connectivity index (χ4v) is 3.58. The molecule has 0 saturated carbocycles. The number of amides is 1. The van der Waals surface area contributed by atoms with Crippen molar-refractivity contribution in [1.29, 1.82) is 0 Å². The first-order valence-corrected chi connectivity index (χ1v) is 9.38. The Labute approximate surface area is 169 Å². The van der Waals surface area contributed by atoms with Crippen molar-refractivity contribution in [3.63, 3.8) is 0 Å². The van der Waals surface area contributed by atoms with Crippen LogP contribution >= 0.6 is 11.6 Å². The zero-order valence-corrected chi connectivity index (χ0v) is 16.6. The largest absolute Gasteiger partial charge is 0.465 e. The molecule has 7 nitrogen and oxygen atoms in total. The highest BCUT2D eigenvalue weighted by atomic mass is 35.5. The molecule has 1 unspecified atom stereocenters. The maximum Gasteiger partial charge on any atom is 0.339 e. The third-order valence-electron chi connectivity index (χ3n) is 4.94. The van der Waals surface area contributed by atoms with E-state index in [0.29, 0.717) is 42.5 Å². The number of piperazine rings is 1. The van der Waals surface area contributed by atoms with Gasteiger partial charge < -0.3 is 15.4 Å². The predicted molar refractivity (Wildman–Crippen MR) is 107 cm³/mol. The Morgan fingerprint density at radius 3 is 2.29 bits per heavy atom. The van der Waals surface area contributed by atoms with Crippen LogP contribution in [0.2, 0.25) is 5.02 Å². The van der Waals surface area contributed by atoms with E-state index in [1.165, 1.54) is 7.11 Å². The summed E-state index contributed by atoms with van der Waals surface area (Å²) in [5.74, 6) is 0.0210. The van der Waals surface area contributed by atoms with E-state index in [-0.39, 0.29) is 5.91 Å². The predicted octanol–water partition coefficient (Wildman–Crippen LogP) is 2.18. The third-order valence-corrected chi connectivity index (χ3v) is 5.19. The number of hydrogen-bond acceptors (Lipinski definition) is 6. The highest BCUT2D eigenvalue weighted by molar-refractivity contribution is 6.30. The average molecular weight is 403 g/mol. The Kier molecular flexibility index (Phi) is 6.16. The van der Waals surface area contributed by atoms with Gasteiger partial charge >= 0.3 is 5.97 Å². The number of rotatable bonds is 5. The molecule has 0 spiro atoms. The lowest BCUT2D eigenvalue weighted by Crippen LogP contribution is -2.50. The van der Waals surface area contributed by atoms with Crippen LogP contribution in [0.15, 0.2) is 36.4 Å². The van der Waals surface area contributed by atoms with E-state index in [9.17, 15) is 9.59 Å². The van der Waals surface area contributed by atoms with Crippen molar-refractivity contribution < 1.29 is 14.3 Å². The molecule has 2 aromatic rings. The van der Waals surface area contributed by atoms with Crippen molar-refractivity contribution in [2.75, 3.05) is 38.2 Å². The lowest BCUT2D eigenvalue weighted by atomic mass is 10.0. The summed E-state index contributed by atoms with van der Waals surface area (Å²) in [5.41, 5.74) is 7.60. The quantitative estimate of drug-likeness (QED) is 0.771. The van der Waals surface area contributed by atoms with Crippen LogP contribution in [0.5, 0.6) is 0 Å². The first-order chi connectivity index (χ1) is 13.4. The lowest BCUT2D eigenvalue weighted by Gasteiger charge is -2.38. The van der Waals surface area contributed by atoms with E-state index >= 15 is 0 Å². The number of carbonyl (C=O) groups excluding carboxylic acids is 2. The van der Waals surface area contributed by atoms with Crippen LogP contribution in [0.25, 0.3) is 0 Å². The lowest BCUT2D eigenvalue weighted by molar-refractivity contribution is -0.123. The molecule has 1 amide bonds. The molecular weight excluding hydrogens is 380 g/mol. The second kappa shape index (κ2) is 8.58. The molecule has 0 bridgehead atoms. The van der Waals surface area contributed by atoms with Gasteiger partial charge in [-0.15, -0.1) is 0 Å². The number of carbonyl (C=O) groups is 2. The average Bonchev–Trinajstić information content (AvgIpc) is 2.69. The molecule has 2 heterocycles. The maximum absolute atomic E-state index is 12.1. The molecular formula is C20H23ClN4O3. The summed E-state index contributed by atoms with van der Waals surface area (Å²) in [6.07, 6.45) is 0. The smallest absolute Gasteiger partial charge is 0.339 e. The van der Waals surface area contributed by atoms with Crippen LogP contribution in [0.3, 0.4) is 0 Å². The summed E-state index contributed by atoms with van der Waals surface area (Å²) in [4.78, 5) is 32.5. The molecule has 1 saturated heterocycles. The molecule has 1 aromatic carbocycles. The van der Waals surface area contributed by atoms with Gasteiger partial charge in [-0.05, 0) is 36.8 Å². The Morgan fingerprint density at radius 2 is 1.75 bits per heavy atom. The van der Waals surface area contributed by atoms with Crippen LogP contribution in [-0.4, -0.2) is 55.0 Å². The Hall–Kier alpha value is -2.64. The number of methoxy groups -OCH3 is 1. The molecule has 1 atom stereocenters. The van der Waals surface area contributed by atoms with E-state index in [1.54, 1.807) is 25.1 Å². The maximum atomic E-state index is 12.1. The summed E-state index contributed by atoms with van der Waals surface area (Å²) in [7, 11) is 1.35. The minimum absolute atomic E-state index is 0.382. The van der Waals surface area contributed by atoms with E-state index in [4.69, 9.17) is 22.1 Å². The fraction of sp³-hybridized carbons (Fsp3) is 0.350. The van der Waals surface area contributed by atoms with Crippen LogP contribution < -0.4 is 10.6 Å². The van der Waals surface area contributed by atoms with Crippen LogP contribution in [0.1, 0.15) is 27.7 Å². The number of esters is 1. The number of pyridine rings is 1. The van der Waals surface area contributed by atoms with Crippen molar-refractivity contribution >= 4 is 29.3 Å². The number of primary amides is 1. The summed E-state index contributed by atoms with van der Waals surface area (Å²) >= 11 is 5.95. The van der Waals surface area contributed by atoms with E-state index < -0.39 is 12.0 Å². The number of aromatic nitrogens is 1. The van der Waals surface area contributed by atoms with Crippen molar-refractivity contribution in [3.8, 4) is 0 Å². The van der Waals surface area contributed by atoms with Crippen LogP contribution in [0, 0.1) is 6.92 Å². The standard InChI is InChI=1S/C20H23ClN4O3/c1-13-16(20(27)28-2)7-8-17(23-13)24-9-11-25(12-10-24)18(19(22)26)14-3-5-15(21)6-4-14/h3-8,18H,9-12H2,1-2H3,(H2,22,26). The van der Waals surface area contributed by atoms with Gasteiger partial charge in [0, 0.05) is 31.2 Å². The fourth-order valence-electron chi connectivity index (χ4n) is 3.46. The first-order valence-electron chi connectivity index (χ1n) is 9.00. The third kappa shape index (κ3) is 4.26. The monoisotopic (exact) mass is 402 g/mol. The number of nitrogens with two attached hydrogens (primary N) is 1. The Balaban J connectivity index is 1.71. The highest BCUT2D eigenvalue weighted by Crippen LogP contribution is 2.25. The topological polar surface area (TPSA) is 88.8 Å². The van der Waals surface area contributed by atoms with Crippen molar-refractivity contribution in [2.24, 2.45) is 5.73 Å². The van der Waals surface area contributed by atoms with Gasteiger partial charge in [0.2, 0.25) is 5.91 Å². The molecule has 1 aliphatic heterocycles. The minimum Gasteiger partial charge on any atom is -0.465 e. The second-order valence-corrected chi connectivity index (χ2v) is 7.11. The van der Waals surface area contributed by atoms with Gasteiger partial charge in [-0.3, -0.25) is 9.69 Å². The summed E-state index contributed by atoms with van der Waals surface area (Å²) in [6.45, 7) is 4.50. The molecule has 8 heteroatoms. The number of hydrogen-bond donors (Lipinski definition) is 1. The summed E-state index contributed by atoms with van der Waals surface area (Å²) in [5, 5.41) is 0.619. The van der Waals surface area contributed by atoms with Crippen molar-refractivity contribution in [3.05, 3.63) is 58.2 Å². The summed E-state index contributed by atoms with van der Waals surface area (Å²) in [6, 6.07) is 10.3. The van der Waals surface area contributed by atoms with Crippen LogP contribution in [0.4, 0.5) is 5.82 Å².